The first-order valence-corrected chi connectivity index (χ1v) is 11.4. The van der Waals surface area contributed by atoms with Gasteiger partial charge in [0.2, 0.25) is 5.91 Å². The highest BCUT2D eigenvalue weighted by Gasteiger charge is 2.22. The summed E-state index contributed by atoms with van der Waals surface area (Å²) in [7, 11) is 1.64. The van der Waals surface area contributed by atoms with Gasteiger partial charge in [-0.3, -0.25) is 9.69 Å². The molecule has 0 fully saturated rings. The van der Waals surface area contributed by atoms with Crippen LogP contribution < -0.4 is 14.4 Å². The first-order valence-electron chi connectivity index (χ1n) is 10.6. The molecular formula is C26H26N2O3S. The van der Waals surface area contributed by atoms with Crippen LogP contribution in [0, 0.1) is 6.92 Å². The number of aryl methyl sites for hydroxylation is 1. The molecular weight excluding hydrogens is 420 g/mol. The molecule has 1 heterocycles. The number of benzene rings is 3. The van der Waals surface area contributed by atoms with Gasteiger partial charge in [-0.2, -0.15) is 0 Å². The molecule has 164 valence electrons. The summed E-state index contributed by atoms with van der Waals surface area (Å²) in [4.78, 5) is 20.1. The molecule has 0 aliphatic carbocycles. The van der Waals surface area contributed by atoms with E-state index in [1.54, 1.807) is 12.0 Å². The van der Waals surface area contributed by atoms with Crippen molar-refractivity contribution in [2.45, 2.75) is 26.8 Å². The average molecular weight is 447 g/mol. The second-order valence-corrected chi connectivity index (χ2v) is 8.46. The third kappa shape index (κ3) is 4.75. The Morgan fingerprint density at radius 3 is 2.44 bits per heavy atom. The lowest BCUT2D eigenvalue weighted by atomic mass is 10.1. The summed E-state index contributed by atoms with van der Waals surface area (Å²) >= 11 is 1.52. The lowest BCUT2D eigenvalue weighted by Crippen LogP contribution is -2.31. The molecule has 4 rings (SSSR count). The number of nitrogens with zero attached hydrogens (tertiary/aromatic N) is 2. The quantitative estimate of drug-likeness (QED) is 0.344. The van der Waals surface area contributed by atoms with Crippen molar-refractivity contribution in [2.24, 2.45) is 0 Å². The molecule has 3 aromatic carbocycles. The van der Waals surface area contributed by atoms with E-state index < -0.39 is 0 Å². The minimum Gasteiger partial charge on any atom is -0.494 e. The predicted octanol–water partition coefficient (Wildman–Crippen LogP) is 5.79. The fourth-order valence-corrected chi connectivity index (χ4v) is 4.62. The molecule has 0 aliphatic heterocycles. The maximum absolute atomic E-state index is 13.5. The minimum absolute atomic E-state index is 0.00584. The van der Waals surface area contributed by atoms with Gasteiger partial charge in [-0.15, -0.1) is 0 Å². The Morgan fingerprint density at radius 1 is 1.00 bits per heavy atom. The van der Waals surface area contributed by atoms with Crippen LogP contribution >= 0.6 is 11.3 Å². The minimum atomic E-state index is -0.00584. The molecule has 5 nitrogen and oxygen atoms in total. The fourth-order valence-electron chi connectivity index (χ4n) is 3.55. The van der Waals surface area contributed by atoms with Gasteiger partial charge in [0.25, 0.3) is 0 Å². The number of carbonyl (C=O) groups excluding carboxylic acids is 1. The Balaban J connectivity index is 1.68. The summed E-state index contributed by atoms with van der Waals surface area (Å²) in [5.74, 6) is 1.51. The SMILES string of the molecule is CCOc1ccc(CC(=O)N(Cc2ccccc2)c2nc3c(OC)ccc(C)c3s2)cc1. The molecule has 0 atom stereocenters. The van der Waals surface area contributed by atoms with E-state index in [2.05, 4.69) is 0 Å². The van der Waals surface area contributed by atoms with Crippen LogP contribution in [0.3, 0.4) is 0 Å². The molecule has 0 aliphatic rings. The topological polar surface area (TPSA) is 51.7 Å². The molecule has 0 saturated heterocycles. The summed E-state index contributed by atoms with van der Waals surface area (Å²) in [5, 5.41) is 0.674. The summed E-state index contributed by atoms with van der Waals surface area (Å²) in [6.45, 7) is 5.07. The first kappa shape index (κ1) is 21.8. The smallest absolute Gasteiger partial charge is 0.233 e. The maximum atomic E-state index is 13.5. The average Bonchev–Trinajstić information content (AvgIpc) is 3.26. The van der Waals surface area contributed by atoms with Crippen molar-refractivity contribution >= 4 is 32.6 Å². The molecule has 0 radical (unpaired) electrons. The van der Waals surface area contributed by atoms with Crippen LogP contribution in [0.1, 0.15) is 23.6 Å². The monoisotopic (exact) mass is 446 g/mol. The molecule has 6 heteroatoms. The van der Waals surface area contributed by atoms with E-state index in [0.29, 0.717) is 24.0 Å². The van der Waals surface area contributed by atoms with Gasteiger partial charge in [-0.1, -0.05) is 59.9 Å². The Morgan fingerprint density at radius 2 is 1.75 bits per heavy atom. The van der Waals surface area contributed by atoms with E-state index in [1.165, 1.54) is 11.3 Å². The number of methoxy groups -OCH3 is 1. The number of aromatic nitrogens is 1. The van der Waals surface area contributed by atoms with Gasteiger partial charge in [-0.25, -0.2) is 4.98 Å². The van der Waals surface area contributed by atoms with Crippen LogP contribution in [0.25, 0.3) is 10.2 Å². The number of anilines is 1. The molecule has 1 aromatic heterocycles. The van der Waals surface area contributed by atoms with Crippen molar-refractivity contribution in [3.8, 4) is 11.5 Å². The summed E-state index contributed by atoms with van der Waals surface area (Å²) in [5.41, 5.74) is 3.89. The van der Waals surface area contributed by atoms with E-state index in [-0.39, 0.29) is 12.3 Å². The Bertz CT molecular complexity index is 1200. The van der Waals surface area contributed by atoms with Crippen molar-refractivity contribution in [3.63, 3.8) is 0 Å². The number of thiazole rings is 1. The number of fused-ring (bicyclic) bond motifs is 1. The van der Waals surface area contributed by atoms with Crippen LogP contribution in [0.15, 0.2) is 66.7 Å². The van der Waals surface area contributed by atoms with Crippen LogP contribution in [-0.2, 0) is 17.8 Å². The number of carbonyl (C=O) groups is 1. The van der Waals surface area contributed by atoms with Crippen molar-refractivity contribution in [1.29, 1.82) is 0 Å². The van der Waals surface area contributed by atoms with Crippen LogP contribution in [0.4, 0.5) is 5.13 Å². The molecule has 0 unspecified atom stereocenters. The Hall–Kier alpha value is -3.38. The third-order valence-corrected chi connectivity index (χ3v) is 6.43. The zero-order valence-electron chi connectivity index (χ0n) is 18.5. The fraction of sp³-hybridized carbons (Fsp3) is 0.231. The van der Waals surface area contributed by atoms with E-state index >= 15 is 0 Å². The number of hydrogen-bond donors (Lipinski definition) is 0. The maximum Gasteiger partial charge on any atom is 0.233 e. The molecule has 0 saturated carbocycles. The van der Waals surface area contributed by atoms with Crippen molar-refractivity contribution < 1.29 is 14.3 Å². The summed E-state index contributed by atoms with van der Waals surface area (Å²) in [6.07, 6.45) is 0.283. The standard InChI is InChI=1S/C26H26N2O3S/c1-4-31-21-13-11-19(12-14-21)16-23(29)28(17-20-8-6-5-7-9-20)26-27-24-22(30-3)15-10-18(2)25(24)32-26/h5-15H,4,16-17H2,1-3H3. The zero-order valence-corrected chi connectivity index (χ0v) is 19.3. The van der Waals surface area contributed by atoms with Crippen LogP contribution in [0.2, 0.25) is 0 Å². The first-order chi connectivity index (χ1) is 15.6. The van der Waals surface area contributed by atoms with Gasteiger partial charge in [0.15, 0.2) is 5.13 Å². The summed E-state index contributed by atoms with van der Waals surface area (Å²) in [6, 6.07) is 21.6. The Labute approximate surface area is 192 Å². The van der Waals surface area contributed by atoms with Gasteiger partial charge >= 0.3 is 0 Å². The van der Waals surface area contributed by atoms with E-state index in [0.717, 1.165) is 32.7 Å². The second-order valence-electron chi connectivity index (χ2n) is 7.48. The predicted molar refractivity (Wildman–Crippen MR) is 130 cm³/mol. The molecule has 1 amide bonds. The van der Waals surface area contributed by atoms with Gasteiger partial charge in [0.1, 0.15) is 17.0 Å². The van der Waals surface area contributed by atoms with Crippen molar-refractivity contribution in [1.82, 2.24) is 4.98 Å². The Kier molecular flexibility index (Phi) is 6.71. The summed E-state index contributed by atoms with van der Waals surface area (Å²) < 4.78 is 12.1. The zero-order chi connectivity index (χ0) is 22.5. The van der Waals surface area contributed by atoms with Gasteiger partial charge in [0, 0.05) is 0 Å². The largest absolute Gasteiger partial charge is 0.494 e. The van der Waals surface area contributed by atoms with Crippen LogP contribution in [-0.4, -0.2) is 24.6 Å². The molecule has 0 bridgehead atoms. The third-order valence-electron chi connectivity index (χ3n) is 5.22. The normalized spacial score (nSPS) is 10.8. The lowest BCUT2D eigenvalue weighted by molar-refractivity contribution is -0.118. The van der Waals surface area contributed by atoms with Gasteiger partial charge in [0.05, 0.1) is 31.4 Å². The van der Waals surface area contributed by atoms with Crippen LogP contribution in [0.5, 0.6) is 11.5 Å². The highest BCUT2D eigenvalue weighted by atomic mass is 32.1. The number of hydrogen-bond acceptors (Lipinski definition) is 5. The lowest BCUT2D eigenvalue weighted by Gasteiger charge is -2.20. The van der Waals surface area contributed by atoms with Crippen molar-refractivity contribution in [3.05, 3.63) is 83.4 Å². The van der Waals surface area contributed by atoms with E-state index in [1.807, 2.05) is 80.6 Å². The van der Waals surface area contributed by atoms with E-state index in [4.69, 9.17) is 14.5 Å². The number of amides is 1. The van der Waals surface area contributed by atoms with Gasteiger partial charge < -0.3 is 9.47 Å². The molecule has 32 heavy (non-hydrogen) atoms. The molecule has 4 aromatic rings. The number of ether oxygens (including phenoxy) is 2. The van der Waals surface area contributed by atoms with Gasteiger partial charge in [-0.05, 0) is 48.7 Å². The second kappa shape index (κ2) is 9.83. The molecule has 0 spiro atoms. The molecule has 0 N–H and O–H groups in total. The van der Waals surface area contributed by atoms with Crippen molar-refractivity contribution in [2.75, 3.05) is 18.6 Å². The highest BCUT2D eigenvalue weighted by Crippen LogP contribution is 2.37. The van der Waals surface area contributed by atoms with E-state index in [9.17, 15) is 4.79 Å². The number of rotatable bonds is 8. The highest BCUT2D eigenvalue weighted by molar-refractivity contribution is 7.22.